The molecule has 0 nitrogen and oxygen atoms in total. The van der Waals surface area contributed by atoms with Crippen molar-refractivity contribution >= 4 is 0 Å². The van der Waals surface area contributed by atoms with E-state index >= 15 is 13.2 Å². The Morgan fingerprint density at radius 3 is 0.734 bits per heavy atom. The third kappa shape index (κ3) is 6.39. The Morgan fingerprint density at radius 2 is 0.456 bits per heavy atom. The van der Waals surface area contributed by atoms with Crippen LogP contribution in [0.3, 0.4) is 0 Å². The molecule has 1 unspecified atom stereocenters. The Balaban J connectivity index is 0.707. The van der Waals surface area contributed by atoms with E-state index in [0.29, 0.717) is 22.3 Å². The van der Waals surface area contributed by atoms with E-state index in [0.717, 1.165) is 11.1 Å². The van der Waals surface area contributed by atoms with Crippen LogP contribution in [0.4, 0.5) is 13.2 Å². The Hall–Kier alpha value is -8.01. The second-order valence-corrected chi connectivity index (χ2v) is 25.8. The van der Waals surface area contributed by atoms with Crippen molar-refractivity contribution < 1.29 is 13.2 Å². The summed E-state index contributed by atoms with van der Waals surface area (Å²) < 4.78 is 45.2. The monoisotopic (exact) mass is 1030 g/mol. The molecule has 0 heterocycles. The molecule has 15 rings (SSSR count). The number of hydrogen-bond acceptors (Lipinski definition) is 0. The van der Waals surface area contributed by atoms with E-state index in [1.54, 1.807) is 18.2 Å². The van der Waals surface area contributed by atoms with Crippen molar-refractivity contribution in [3.05, 3.63) is 249 Å². The van der Waals surface area contributed by atoms with E-state index in [-0.39, 0.29) is 21.7 Å². The lowest BCUT2D eigenvalue weighted by Crippen LogP contribution is -2.38. The summed E-state index contributed by atoms with van der Waals surface area (Å²) in [5, 5.41) is 0. The zero-order valence-corrected chi connectivity index (χ0v) is 46.5. The van der Waals surface area contributed by atoms with Crippen molar-refractivity contribution in [1.82, 2.24) is 0 Å². The third-order valence-corrected chi connectivity index (χ3v) is 20.1. The van der Waals surface area contributed by atoms with Gasteiger partial charge >= 0.3 is 6.18 Å². The third-order valence-electron chi connectivity index (χ3n) is 20.1. The summed E-state index contributed by atoms with van der Waals surface area (Å²) in [7, 11) is 0. The number of rotatable bonds is 4. The van der Waals surface area contributed by atoms with Crippen molar-refractivity contribution in [1.29, 1.82) is 0 Å². The van der Waals surface area contributed by atoms with Gasteiger partial charge in [0, 0.05) is 21.7 Å². The van der Waals surface area contributed by atoms with Gasteiger partial charge in [-0.1, -0.05) is 200 Å². The molecule has 10 aromatic carbocycles. The van der Waals surface area contributed by atoms with Crippen LogP contribution < -0.4 is 0 Å². The molecule has 0 amide bonds. The molecule has 0 fully saturated rings. The van der Waals surface area contributed by atoms with Crippen molar-refractivity contribution in [3.8, 4) is 100 Å². The first kappa shape index (κ1) is 48.1. The van der Waals surface area contributed by atoms with Gasteiger partial charge < -0.3 is 0 Å². The maximum absolute atomic E-state index is 15.1. The standard InChI is InChI=1S/C76H61F3/c1-42-15-24-52-53-25-16-43(34-63(53)71(2,3)62(52)33-42)44-17-26-54-55-27-18-45(36-65(55)72(4,5)64(54)35-44)46-19-28-56-57-29-20-47(38-67(57)73(6,7)66(56)37-46)48-21-30-58-59-31-22-49(40-69(59)74(8,9)68(58)39-48)50-23-32-60-51-13-11-12-14-61(51)75(10,70(60)41-50)76(77,78)79/h11-41H,1-10H3. The zero-order chi connectivity index (χ0) is 54.7. The first-order valence-corrected chi connectivity index (χ1v) is 28.0. The fourth-order valence-corrected chi connectivity index (χ4v) is 15.3. The second-order valence-electron chi connectivity index (χ2n) is 25.8. The Bertz CT molecular complexity index is 4380. The minimum absolute atomic E-state index is 0.0558. The van der Waals surface area contributed by atoms with Gasteiger partial charge in [0.25, 0.3) is 0 Å². The second kappa shape index (κ2) is 15.6. The summed E-state index contributed by atoms with van der Waals surface area (Å²) >= 11 is 0. The molecule has 0 saturated carbocycles. The highest BCUT2D eigenvalue weighted by molar-refractivity contribution is 5.92. The molecular weight excluding hydrogens is 970 g/mol. The number of aryl methyl sites for hydroxylation is 1. The highest BCUT2D eigenvalue weighted by Gasteiger charge is 2.58. The summed E-state index contributed by atoms with van der Waals surface area (Å²) in [4.78, 5) is 0. The molecule has 386 valence electrons. The SMILES string of the molecule is Cc1ccc2c(c1)C(C)(C)c1cc(-c3ccc4c(c3)C(C)(C)c3cc(-c5ccc6c(c5)C(C)(C)c5cc(-c7ccc8c(c7)C(C)(C)c7cc(-c9ccc%10c(c9)C(C)(C(F)(F)F)c9ccccc9-%10)ccc7-8)ccc5-6)ccc3-4)ccc1-2. The molecule has 10 aromatic rings. The average Bonchev–Trinajstić information content (AvgIpc) is 4.31. The Labute approximate surface area is 462 Å². The largest absolute Gasteiger partial charge is 0.402 e. The summed E-state index contributed by atoms with van der Waals surface area (Å²) in [5.41, 5.74) is 30.4. The van der Waals surface area contributed by atoms with Crippen LogP contribution in [0.25, 0.3) is 100 Å². The first-order valence-electron chi connectivity index (χ1n) is 28.0. The van der Waals surface area contributed by atoms with E-state index in [2.05, 4.69) is 208 Å². The molecule has 5 aliphatic carbocycles. The molecule has 3 heteroatoms. The maximum Gasteiger partial charge on any atom is 0.402 e. The topological polar surface area (TPSA) is 0 Å². The molecular formula is C76H61F3. The Morgan fingerprint density at radius 1 is 0.241 bits per heavy atom. The van der Waals surface area contributed by atoms with E-state index in [1.807, 2.05) is 24.3 Å². The molecule has 0 aliphatic heterocycles. The fraction of sp³-hybridized carbons (Fsp3) is 0.211. The van der Waals surface area contributed by atoms with Crippen LogP contribution in [0.2, 0.25) is 0 Å². The number of halogens is 3. The van der Waals surface area contributed by atoms with Crippen LogP contribution in [-0.2, 0) is 27.1 Å². The van der Waals surface area contributed by atoms with Gasteiger partial charge in [-0.3, -0.25) is 0 Å². The van der Waals surface area contributed by atoms with Crippen LogP contribution >= 0.6 is 0 Å². The molecule has 1 atom stereocenters. The Kier molecular flexibility index (Phi) is 9.53. The summed E-state index contributed by atoms with van der Waals surface area (Å²) in [6, 6.07) is 68.4. The van der Waals surface area contributed by atoms with Gasteiger partial charge in [-0.05, 0) is 218 Å². The van der Waals surface area contributed by atoms with Crippen LogP contribution in [0, 0.1) is 6.92 Å². The van der Waals surface area contributed by atoms with E-state index in [4.69, 9.17) is 0 Å². The lowest BCUT2D eigenvalue weighted by Gasteiger charge is -2.30. The van der Waals surface area contributed by atoms with Gasteiger partial charge in [-0.25, -0.2) is 0 Å². The summed E-state index contributed by atoms with van der Waals surface area (Å²) in [6.07, 6.45) is -4.45. The molecule has 5 aliphatic rings. The summed E-state index contributed by atoms with van der Waals surface area (Å²) in [6.45, 7) is 22.3. The lowest BCUT2D eigenvalue weighted by atomic mass is 9.78. The van der Waals surface area contributed by atoms with Gasteiger partial charge in [0.1, 0.15) is 5.41 Å². The predicted molar refractivity (Wildman–Crippen MR) is 321 cm³/mol. The normalized spacial score (nSPS) is 18.1. The first-order chi connectivity index (χ1) is 37.6. The van der Waals surface area contributed by atoms with Crippen LogP contribution in [0.5, 0.6) is 0 Å². The quantitative estimate of drug-likeness (QED) is 0.165. The molecule has 0 radical (unpaired) electrons. The zero-order valence-electron chi connectivity index (χ0n) is 46.5. The van der Waals surface area contributed by atoms with E-state index in [1.165, 1.54) is 135 Å². The molecule has 79 heavy (non-hydrogen) atoms. The number of hydrogen-bond donors (Lipinski definition) is 0. The highest BCUT2D eigenvalue weighted by Crippen LogP contribution is 2.59. The van der Waals surface area contributed by atoms with E-state index in [9.17, 15) is 0 Å². The fourth-order valence-electron chi connectivity index (χ4n) is 15.3. The maximum atomic E-state index is 15.1. The van der Waals surface area contributed by atoms with Crippen molar-refractivity contribution in [2.75, 3.05) is 0 Å². The van der Waals surface area contributed by atoms with Gasteiger partial charge in [0.15, 0.2) is 0 Å². The van der Waals surface area contributed by atoms with Gasteiger partial charge in [0.05, 0.1) is 0 Å². The van der Waals surface area contributed by atoms with Gasteiger partial charge in [-0.2, -0.15) is 13.2 Å². The van der Waals surface area contributed by atoms with Crippen LogP contribution in [-0.4, -0.2) is 6.18 Å². The van der Waals surface area contributed by atoms with E-state index < -0.39 is 11.6 Å². The highest BCUT2D eigenvalue weighted by atomic mass is 19.4. The molecule has 0 spiro atoms. The van der Waals surface area contributed by atoms with Crippen LogP contribution in [0.15, 0.2) is 188 Å². The number of fused-ring (bicyclic) bond motifs is 15. The number of alkyl halides is 3. The number of benzene rings is 10. The minimum atomic E-state index is -4.45. The van der Waals surface area contributed by atoms with Crippen molar-refractivity contribution in [2.24, 2.45) is 0 Å². The van der Waals surface area contributed by atoms with Crippen LogP contribution in [0.1, 0.15) is 124 Å². The van der Waals surface area contributed by atoms with Crippen molar-refractivity contribution in [3.63, 3.8) is 0 Å². The minimum Gasteiger partial charge on any atom is -0.170 e. The molecule has 0 bridgehead atoms. The smallest absolute Gasteiger partial charge is 0.170 e. The molecule has 0 saturated heterocycles. The van der Waals surface area contributed by atoms with Gasteiger partial charge in [-0.15, -0.1) is 0 Å². The molecule has 0 N–H and O–H groups in total. The lowest BCUT2D eigenvalue weighted by molar-refractivity contribution is -0.172. The predicted octanol–water partition coefficient (Wildman–Crippen LogP) is 20.7. The summed E-state index contributed by atoms with van der Waals surface area (Å²) in [5.74, 6) is 0. The molecule has 0 aromatic heterocycles. The van der Waals surface area contributed by atoms with Gasteiger partial charge in [0.2, 0.25) is 0 Å². The van der Waals surface area contributed by atoms with Crippen molar-refractivity contribution in [2.45, 2.75) is 102 Å². The average molecular weight is 1030 g/mol.